The molecule has 0 aliphatic heterocycles. The molecule has 0 heterocycles. The van der Waals surface area contributed by atoms with Crippen LogP contribution in [0.4, 0.5) is 8.78 Å². The predicted molar refractivity (Wildman–Crippen MR) is 73.8 cm³/mol. The summed E-state index contributed by atoms with van der Waals surface area (Å²) in [5.74, 6) is -0.709. The summed E-state index contributed by atoms with van der Waals surface area (Å²) < 4.78 is 26.8. The summed E-state index contributed by atoms with van der Waals surface area (Å²) in [6.07, 6.45) is 0.233. The Labute approximate surface area is 119 Å². The van der Waals surface area contributed by atoms with E-state index in [0.717, 1.165) is 4.47 Å². The largest absolute Gasteiger partial charge is 0.385 e. The third-order valence-electron chi connectivity index (χ3n) is 3.01. The van der Waals surface area contributed by atoms with Crippen molar-refractivity contribution < 1.29 is 13.9 Å². The standard InChI is InChI=1S/C15H13BrF2O/c1-15(19,11-2-4-12(17)5-3-11)9-10-8-13(18)6-7-14(10)16/h2-8,19H,9H2,1H3. The Bertz CT molecular complexity index is 579. The molecule has 1 N–H and O–H groups in total. The lowest BCUT2D eigenvalue weighted by molar-refractivity contribution is 0.0573. The van der Waals surface area contributed by atoms with Crippen molar-refractivity contribution in [3.63, 3.8) is 0 Å². The molecule has 0 aromatic heterocycles. The highest BCUT2D eigenvalue weighted by Gasteiger charge is 2.24. The molecular formula is C15H13BrF2O. The van der Waals surface area contributed by atoms with E-state index in [-0.39, 0.29) is 18.1 Å². The molecule has 19 heavy (non-hydrogen) atoms. The van der Waals surface area contributed by atoms with Crippen LogP contribution in [0.3, 0.4) is 0 Å². The van der Waals surface area contributed by atoms with Gasteiger partial charge in [0.2, 0.25) is 0 Å². The molecule has 0 aliphatic rings. The molecule has 0 amide bonds. The molecule has 0 saturated heterocycles. The summed E-state index contributed by atoms with van der Waals surface area (Å²) in [6, 6.07) is 9.98. The quantitative estimate of drug-likeness (QED) is 0.897. The Morgan fingerprint density at radius 2 is 1.63 bits per heavy atom. The summed E-state index contributed by atoms with van der Waals surface area (Å²) in [7, 11) is 0. The van der Waals surface area contributed by atoms with E-state index in [2.05, 4.69) is 15.9 Å². The first-order chi connectivity index (χ1) is 8.88. The van der Waals surface area contributed by atoms with Crippen molar-refractivity contribution in [3.8, 4) is 0 Å². The van der Waals surface area contributed by atoms with Crippen LogP contribution in [0.5, 0.6) is 0 Å². The van der Waals surface area contributed by atoms with Gasteiger partial charge in [-0.1, -0.05) is 28.1 Å². The fourth-order valence-corrected chi connectivity index (χ4v) is 2.35. The van der Waals surface area contributed by atoms with E-state index in [1.165, 1.54) is 36.4 Å². The van der Waals surface area contributed by atoms with Crippen LogP contribution in [0.2, 0.25) is 0 Å². The maximum atomic E-state index is 13.2. The van der Waals surface area contributed by atoms with Crippen LogP contribution < -0.4 is 0 Å². The number of hydrogen-bond acceptors (Lipinski definition) is 1. The predicted octanol–water partition coefficient (Wildman–Crippen LogP) is 4.18. The van der Waals surface area contributed by atoms with E-state index in [1.807, 2.05) is 0 Å². The van der Waals surface area contributed by atoms with Gasteiger partial charge in [-0.2, -0.15) is 0 Å². The highest BCUT2D eigenvalue weighted by atomic mass is 79.9. The lowest BCUT2D eigenvalue weighted by atomic mass is 9.89. The molecule has 1 nitrogen and oxygen atoms in total. The lowest BCUT2D eigenvalue weighted by Gasteiger charge is -2.24. The second-order valence-electron chi connectivity index (χ2n) is 4.69. The van der Waals surface area contributed by atoms with E-state index < -0.39 is 5.60 Å². The summed E-state index contributed by atoms with van der Waals surface area (Å²) in [5, 5.41) is 10.5. The molecule has 2 aromatic carbocycles. The first-order valence-electron chi connectivity index (χ1n) is 5.81. The Morgan fingerprint density at radius 3 is 2.26 bits per heavy atom. The molecule has 0 bridgehead atoms. The van der Waals surface area contributed by atoms with Crippen molar-refractivity contribution in [2.75, 3.05) is 0 Å². The van der Waals surface area contributed by atoms with Gasteiger partial charge in [-0.05, 0) is 48.4 Å². The monoisotopic (exact) mass is 326 g/mol. The Balaban J connectivity index is 2.30. The van der Waals surface area contributed by atoms with Gasteiger partial charge in [-0.3, -0.25) is 0 Å². The van der Waals surface area contributed by atoms with Gasteiger partial charge < -0.3 is 5.11 Å². The van der Waals surface area contributed by atoms with E-state index >= 15 is 0 Å². The zero-order valence-corrected chi connectivity index (χ0v) is 11.9. The van der Waals surface area contributed by atoms with Gasteiger partial charge in [-0.15, -0.1) is 0 Å². The summed E-state index contributed by atoms with van der Waals surface area (Å²) in [4.78, 5) is 0. The number of aliphatic hydroxyl groups is 1. The van der Waals surface area contributed by atoms with Crippen molar-refractivity contribution in [1.29, 1.82) is 0 Å². The average Bonchev–Trinajstić information content (AvgIpc) is 2.34. The SMILES string of the molecule is CC(O)(Cc1cc(F)ccc1Br)c1ccc(F)cc1. The van der Waals surface area contributed by atoms with Gasteiger partial charge >= 0.3 is 0 Å². The van der Waals surface area contributed by atoms with Crippen molar-refractivity contribution in [2.24, 2.45) is 0 Å². The van der Waals surface area contributed by atoms with Crippen LogP contribution in [0.25, 0.3) is 0 Å². The molecule has 100 valence electrons. The molecule has 0 radical (unpaired) electrons. The number of halogens is 3. The number of benzene rings is 2. The number of rotatable bonds is 3. The van der Waals surface area contributed by atoms with Gasteiger partial charge in [-0.25, -0.2) is 8.78 Å². The fourth-order valence-electron chi connectivity index (χ4n) is 1.96. The first kappa shape index (κ1) is 14.2. The molecule has 1 unspecified atom stereocenters. The van der Waals surface area contributed by atoms with Crippen molar-refractivity contribution in [2.45, 2.75) is 18.9 Å². The Kier molecular flexibility index (Phi) is 4.02. The lowest BCUT2D eigenvalue weighted by Crippen LogP contribution is -2.24. The molecule has 2 rings (SSSR count). The van der Waals surface area contributed by atoms with Gasteiger partial charge in [0, 0.05) is 10.9 Å². The second kappa shape index (κ2) is 5.39. The van der Waals surface area contributed by atoms with Crippen LogP contribution in [0.1, 0.15) is 18.1 Å². The first-order valence-corrected chi connectivity index (χ1v) is 6.60. The van der Waals surface area contributed by atoms with E-state index in [0.29, 0.717) is 11.1 Å². The molecule has 4 heteroatoms. The maximum absolute atomic E-state index is 13.2. The minimum Gasteiger partial charge on any atom is -0.385 e. The molecule has 0 saturated carbocycles. The van der Waals surface area contributed by atoms with E-state index in [4.69, 9.17) is 0 Å². The molecular weight excluding hydrogens is 314 g/mol. The van der Waals surface area contributed by atoms with Crippen molar-refractivity contribution >= 4 is 15.9 Å². The summed E-state index contributed by atoms with van der Waals surface area (Å²) >= 11 is 3.33. The summed E-state index contributed by atoms with van der Waals surface area (Å²) in [5.41, 5.74) is 0.0590. The normalized spacial score (nSPS) is 14.2. The molecule has 0 spiro atoms. The average molecular weight is 327 g/mol. The van der Waals surface area contributed by atoms with Crippen LogP contribution in [0, 0.1) is 11.6 Å². The fraction of sp³-hybridized carbons (Fsp3) is 0.200. The van der Waals surface area contributed by atoms with E-state index in [1.54, 1.807) is 13.0 Å². The second-order valence-corrected chi connectivity index (χ2v) is 5.55. The van der Waals surface area contributed by atoms with Gasteiger partial charge in [0.15, 0.2) is 0 Å². The van der Waals surface area contributed by atoms with Crippen molar-refractivity contribution in [3.05, 3.63) is 69.7 Å². The minimum absolute atomic E-state index is 0.233. The summed E-state index contributed by atoms with van der Waals surface area (Å²) in [6.45, 7) is 1.62. The van der Waals surface area contributed by atoms with Crippen LogP contribution >= 0.6 is 15.9 Å². The van der Waals surface area contributed by atoms with Gasteiger partial charge in [0.1, 0.15) is 11.6 Å². The van der Waals surface area contributed by atoms with Crippen LogP contribution in [-0.4, -0.2) is 5.11 Å². The highest BCUT2D eigenvalue weighted by molar-refractivity contribution is 9.10. The third kappa shape index (κ3) is 3.39. The topological polar surface area (TPSA) is 20.2 Å². The molecule has 0 aliphatic carbocycles. The zero-order valence-electron chi connectivity index (χ0n) is 10.3. The number of hydrogen-bond donors (Lipinski definition) is 1. The third-order valence-corrected chi connectivity index (χ3v) is 3.78. The van der Waals surface area contributed by atoms with Crippen LogP contribution in [-0.2, 0) is 12.0 Å². The maximum Gasteiger partial charge on any atom is 0.123 e. The zero-order chi connectivity index (χ0) is 14.0. The highest BCUT2D eigenvalue weighted by Crippen LogP contribution is 2.29. The Morgan fingerprint density at radius 1 is 1.05 bits per heavy atom. The van der Waals surface area contributed by atoms with Gasteiger partial charge in [0.25, 0.3) is 0 Å². The smallest absolute Gasteiger partial charge is 0.123 e. The Hall–Kier alpha value is -1.26. The van der Waals surface area contributed by atoms with E-state index in [9.17, 15) is 13.9 Å². The molecule has 0 fully saturated rings. The van der Waals surface area contributed by atoms with Gasteiger partial charge in [0.05, 0.1) is 5.60 Å². The molecule has 2 aromatic rings. The van der Waals surface area contributed by atoms with Crippen LogP contribution in [0.15, 0.2) is 46.9 Å². The molecule has 1 atom stereocenters. The minimum atomic E-state index is -1.19. The van der Waals surface area contributed by atoms with Crippen molar-refractivity contribution in [1.82, 2.24) is 0 Å².